The number of benzene rings is 1. The molecule has 0 atom stereocenters. The standard InChI is InChI=1S/C12H12FNO/c13-10-3-1-2-4-11(10)15-9-12(5-6-12)7-8-14/h1-4H,5-7,9H2. The molecule has 1 fully saturated rings. The van der Waals surface area contributed by atoms with Crippen molar-refractivity contribution in [3.8, 4) is 11.8 Å². The first-order chi connectivity index (χ1) is 7.26. The number of hydrogen-bond acceptors (Lipinski definition) is 2. The summed E-state index contributed by atoms with van der Waals surface area (Å²) >= 11 is 0. The highest BCUT2D eigenvalue weighted by Crippen LogP contribution is 2.48. The van der Waals surface area contributed by atoms with E-state index in [1.165, 1.54) is 6.07 Å². The van der Waals surface area contributed by atoms with Gasteiger partial charge in [-0.15, -0.1) is 0 Å². The van der Waals surface area contributed by atoms with Gasteiger partial charge in [0, 0.05) is 11.8 Å². The van der Waals surface area contributed by atoms with Crippen LogP contribution in [0.3, 0.4) is 0 Å². The van der Waals surface area contributed by atoms with E-state index in [9.17, 15) is 4.39 Å². The highest BCUT2D eigenvalue weighted by molar-refractivity contribution is 5.23. The van der Waals surface area contributed by atoms with Crippen LogP contribution in [0.15, 0.2) is 24.3 Å². The van der Waals surface area contributed by atoms with Gasteiger partial charge in [0.2, 0.25) is 0 Å². The van der Waals surface area contributed by atoms with Crippen LogP contribution in [0.25, 0.3) is 0 Å². The topological polar surface area (TPSA) is 33.0 Å². The van der Waals surface area contributed by atoms with E-state index in [1.807, 2.05) is 0 Å². The second-order valence-electron chi connectivity index (χ2n) is 4.05. The molecule has 0 aromatic heterocycles. The molecule has 1 aliphatic carbocycles. The molecule has 0 bridgehead atoms. The Kier molecular flexibility index (Phi) is 2.59. The SMILES string of the molecule is N#CCC1(COc2ccccc2F)CC1. The number of para-hydroxylation sites is 1. The number of rotatable bonds is 4. The van der Waals surface area contributed by atoms with Gasteiger partial charge in [0.05, 0.1) is 12.7 Å². The Morgan fingerprint density at radius 3 is 2.73 bits per heavy atom. The van der Waals surface area contributed by atoms with Crippen molar-refractivity contribution in [1.82, 2.24) is 0 Å². The lowest BCUT2D eigenvalue weighted by atomic mass is 10.1. The lowest BCUT2D eigenvalue weighted by Crippen LogP contribution is -2.12. The Morgan fingerprint density at radius 2 is 2.13 bits per heavy atom. The number of ether oxygens (including phenoxy) is 1. The Balaban J connectivity index is 1.94. The van der Waals surface area contributed by atoms with Crippen molar-refractivity contribution in [1.29, 1.82) is 5.26 Å². The Hall–Kier alpha value is -1.56. The van der Waals surface area contributed by atoms with E-state index >= 15 is 0 Å². The first-order valence-electron chi connectivity index (χ1n) is 5.00. The Labute approximate surface area is 88.3 Å². The van der Waals surface area contributed by atoms with Crippen LogP contribution < -0.4 is 4.74 Å². The normalized spacial score (nSPS) is 16.8. The van der Waals surface area contributed by atoms with Crippen LogP contribution in [0.5, 0.6) is 5.75 Å². The first kappa shape index (κ1) is 9.97. The fourth-order valence-corrected chi connectivity index (χ4v) is 1.51. The third-order valence-electron chi connectivity index (χ3n) is 2.78. The number of hydrogen-bond donors (Lipinski definition) is 0. The summed E-state index contributed by atoms with van der Waals surface area (Å²) in [4.78, 5) is 0. The van der Waals surface area contributed by atoms with Crippen LogP contribution in [-0.2, 0) is 0 Å². The minimum atomic E-state index is -0.342. The first-order valence-corrected chi connectivity index (χ1v) is 5.00. The largest absolute Gasteiger partial charge is 0.490 e. The molecule has 0 N–H and O–H groups in total. The Bertz CT molecular complexity index is 393. The van der Waals surface area contributed by atoms with E-state index in [-0.39, 0.29) is 17.0 Å². The van der Waals surface area contributed by atoms with Crippen molar-refractivity contribution < 1.29 is 9.13 Å². The lowest BCUT2D eigenvalue weighted by molar-refractivity contribution is 0.228. The van der Waals surface area contributed by atoms with Gasteiger partial charge in [0.15, 0.2) is 11.6 Å². The van der Waals surface area contributed by atoms with Crippen molar-refractivity contribution in [2.75, 3.05) is 6.61 Å². The monoisotopic (exact) mass is 205 g/mol. The fourth-order valence-electron chi connectivity index (χ4n) is 1.51. The molecule has 0 spiro atoms. The van der Waals surface area contributed by atoms with Gasteiger partial charge >= 0.3 is 0 Å². The van der Waals surface area contributed by atoms with E-state index < -0.39 is 0 Å². The number of halogens is 1. The van der Waals surface area contributed by atoms with Crippen molar-refractivity contribution in [3.05, 3.63) is 30.1 Å². The van der Waals surface area contributed by atoms with Gasteiger partial charge in [0.25, 0.3) is 0 Å². The average molecular weight is 205 g/mol. The van der Waals surface area contributed by atoms with Gasteiger partial charge in [-0.1, -0.05) is 12.1 Å². The highest BCUT2D eigenvalue weighted by atomic mass is 19.1. The second-order valence-corrected chi connectivity index (χ2v) is 4.05. The number of nitrogens with zero attached hydrogens (tertiary/aromatic N) is 1. The molecule has 2 rings (SSSR count). The maximum atomic E-state index is 13.2. The molecule has 1 saturated carbocycles. The molecule has 3 heteroatoms. The summed E-state index contributed by atoms with van der Waals surface area (Å²) in [7, 11) is 0. The average Bonchev–Trinajstić information content (AvgIpc) is 2.98. The van der Waals surface area contributed by atoms with Crippen molar-refractivity contribution in [2.45, 2.75) is 19.3 Å². The van der Waals surface area contributed by atoms with E-state index in [4.69, 9.17) is 10.00 Å². The van der Waals surface area contributed by atoms with Crippen LogP contribution in [0.4, 0.5) is 4.39 Å². The summed E-state index contributed by atoms with van der Waals surface area (Å²) in [6.07, 6.45) is 2.52. The molecule has 0 amide bonds. The van der Waals surface area contributed by atoms with Gasteiger partial charge in [-0.05, 0) is 25.0 Å². The molecule has 0 aliphatic heterocycles. The van der Waals surface area contributed by atoms with Crippen molar-refractivity contribution in [3.63, 3.8) is 0 Å². The maximum absolute atomic E-state index is 13.2. The highest BCUT2D eigenvalue weighted by Gasteiger charge is 2.43. The molecule has 0 saturated heterocycles. The maximum Gasteiger partial charge on any atom is 0.165 e. The summed E-state index contributed by atoms with van der Waals surface area (Å²) in [6.45, 7) is 0.446. The van der Waals surface area contributed by atoms with Gasteiger partial charge in [-0.3, -0.25) is 0 Å². The van der Waals surface area contributed by atoms with Crippen molar-refractivity contribution in [2.24, 2.45) is 5.41 Å². The van der Waals surface area contributed by atoms with Crippen LogP contribution in [-0.4, -0.2) is 6.61 Å². The zero-order valence-electron chi connectivity index (χ0n) is 8.37. The molecule has 2 nitrogen and oxygen atoms in total. The molecule has 1 aromatic rings. The van der Waals surface area contributed by atoms with Crippen LogP contribution >= 0.6 is 0 Å². The van der Waals surface area contributed by atoms with Crippen LogP contribution in [0, 0.1) is 22.6 Å². The Morgan fingerprint density at radius 1 is 1.40 bits per heavy atom. The van der Waals surface area contributed by atoms with E-state index in [1.54, 1.807) is 18.2 Å². The zero-order valence-corrected chi connectivity index (χ0v) is 8.37. The quantitative estimate of drug-likeness (QED) is 0.757. The van der Waals surface area contributed by atoms with Crippen LogP contribution in [0.2, 0.25) is 0 Å². The minimum absolute atomic E-state index is 0.00295. The van der Waals surface area contributed by atoms with Gasteiger partial charge < -0.3 is 4.74 Å². The van der Waals surface area contributed by atoms with E-state index in [2.05, 4.69) is 6.07 Å². The zero-order chi connectivity index (χ0) is 10.7. The third-order valence-corrected chi connectivity index (χ3v) is 2.78. The summed E-state index contributed by atoms with van der Waals surface area (Å²) in [5.41, 5.74) is -0.00295. The summed E-state index contributed by atoms with van der Waals surface area (Å²) in [6, 6.07) is 8.50. The molecule has 0 radical (unpaired) electrons. The predicted octanol–water partition coefficient (Wildman–Crippen LogP) is 2.90. The van der Waals surface area contributed by atoms with Gasteiger partial charge in [-0.2, -0.15) is 5.26 Å². The fraction of sp³-hybridized carbons (Fsp3) is 0.417. The van der Waals surface area contributed by atoms with Crippen LogP contribution in [0.1, 0.15) is 19.3 Å². The molecule has 1 aromatic carbocycles. The summed E-state index contributed by atoms with van der Waals surface area (Å²) < 4.78 is 18.6. The summed E-state index contributed by atoms with van der Waals surface area (Å²) in [5.74, 6) is -0.0630. The molecule has 78 valence electrons. The predicted molar refractivity (Wildman–Crippen MR) is 53.8 cm³/mol. The minimum Gasteiger partial charge on any atom is -0.490 e. The smallest absolute Gasteiger partial charge is 0.165 e. The number of nitriles is 1. The van der Waals surface area contributed by atoms with E-state index in [0.717, 1.165) is 12.8 Å². The molecular formula is C12H12FNO. The summed E-state index contributed by atoms with van der Waals surface area (Å²) in [5, 5.41) is 8.61. The molecule has 0 unspecified atom stereocenters. The van der Waals surface area contributed by atoms with E-state index in [0.29, 0.717) is 13.0 Å². The van der Waals surface area contributed by atoms with Gasteiger partial charge in [-0.25, -0.2) is 4.39 Å². The van der Waals surface area contributed by atoms with Crippen molar-refractivity contribution >= 4 is 0 Å². The second kappa shape index (κ2) is 3.90. The lowest BCUT2D eigenvalue weighted by Gasteiger charge is -2.12. The molecule has 15 heavy (non-hydrogen) atoms. The molecular weight excluding hydrogens is 193 g/mol. The third kappa shape index (κ3) is 2.27. The molecule has 0 heterocycles. The molecule has 1 aliphatic rings. The van der Waals surface area contributed by atoms with Gasteiger partial charge in [0.1, 0.15) is 0 Å².